The smallest absolute Gasteiger partial charge is 0.262 e. The van der Waals surface area contributed by atoms with E-state index in [-0.39, 0.29) is 17.4 Å². The lowest BCUT2D eigenvalue weighted by molar-refractivity contribution is 0.0999. The Morgan fingerprint density at radius 2 is 1.63 bits per heavy atom. The summed E-state index contributed by atoms with van der Waals surface area (Å²) in [4.78, 5) is 15.4. The SMILES string of the molecule is CC(C)(C)c1cccc(C(=O)N(c2ccccc2)c2ccc(OCC3CO3)cc2)c1. The quantitative estimate of drug-likeness (QED) is 0.495. The van der Waals surface area contributed by atoms with Crippen LogP contribution in [0.2, 0.25) is 0 Å². The highest BCUT2D eigenvalue weighted by Crippen LogP contribution is 2.30. The van der Waals surface area contributed by atoms with E-state index in [0.717, 1.165) is 29.3 Å². The lowest BCUT2D eigenvalue weighted by Gasteiger charge is -2.25. The third kappa shape index (κ3) is 4.71. The van der Waals surface area contributed by atoms with Crippen LogP contribution < -0.4 is 9.64 Å². The van der Waals surface area contributed by atoms with E-state index in [4.69, 9.17) is 9.47 Å². The Morgan fingerprint density at radius 1 is 0.967 bits per heavy atom. The molecule has 154 valence electrons. The van der Waals surface area contributed by atoms with Gasteiger partial charge in [-0.1, -0.05) is 51.1 Å². The highest BCUT2D eigenvalue weighted by Gasteiger charge is 2.24. The molecule has 0 bridgehead atoms. The van der Waals surface area contributed by atoms with Crippen molar-refractivity contribution in [1.82, 2.24) is 0 Å². The first-order valence-electron chi connectivity index (χ1n) is 10.3. The molecule has 0 aliphatic carbocycles. The third-order valence-corrected chi connectivity index (χ3v) is 5.13. The highest BCUT2D eigenvalue weighted by atomic mass is 16.6. The van der Waals surface area contributed by atoms with Crippen molar-refractivity contribution in [1.29, 1.82) is 0 Å². The van der Waals surface area contributed by atoms with E-state index in [1.165, 1.54) is 0 Å². The lowest BCUT2D eigenvalue weighted by Crippen LogP contribution is -2.26. The summed E-state index contributed by atoms with van der Waals surface area (Å²) in [6.07, 6.45) is 0.210. The van der Waals surface area contributed by atoms with Crippen molar-refractivity contribution >= 4 is 17.3 Å². The number of para-hydroxylation sites is 1. The van der Waals surface area contributed by atoms with Crippen LogP contribution in [-0.2, 0) is 10.2 Å². The van der Waals surface area contributed by atoms with Gasteiger partial charge in [0.1, 0.15) is 18.5 Å². The minimum absolute atomic E-state index is 0.0296. The lowest BCUT2D eigenvalue weighted by atomic mass is 9.86. The molecule has 0 N–H and O–H groups in total. The van der Waals surface area contributed by atoms with Gasteiger partial charge in [-0.3, -0.25) is 9.69 Å². The molecule has 0 spiro atoms. The van der Waals surface area contributed by atoms with Gasteiger partial charge in [-0.15, -0.1) is 0 Å². The van der Waals surface area contributed by atoms with Gasteiger partial charge >= 0.3 is 0 Å². The van der Waals surface area contributed by atoms with Crippen molar-refractivity contribution in [2.24, 2.45) is 0 Å². The van der Waals surface area contributed by atoms with Crippen LogP contribution in [0.4, 0.5) is 11.4 Å². The summed E-state index contributed by atoms with van der Waals surface area (Å²) in [5.41, 5.74) is 3.38. The number of carbonyl (C=O) groups excluding carboxylic acids is 1. The van der Waals surface area contributed by atoms with Crippen molar-refractivity contribution in [2.45, 2.75) is 32.3 Å². The number of carbonyl (C=O) groups is 1. The van der Waals surface area contributed by atoms with E-state index in [2.05, 4.69) is 26.8 Å². The van der Waals surface area contributed by atoms with Gasteiger partial charge in [-0.05, 0) is 59.5 Å². The van der Waals surface area contributed by atoms with Gasteiger partial charge in [-0.2, -0.15) is 0 Å². The highest BCUT2D eigenvalue weighted by molar-refractivity contribution is 6.11. The van der Waals surface area contributed by atoms with Gasteiger partial charge in [-0.25, -0.2) is 0 Å². The molecule has 3 aromatic carbocycles. The monoisotopic (exact) mass is 401 g/mol. The molecule has 1 heterocycles. The molecule has 0 saturated carbocycles. The van der Waals surface area contributed by atoms with E-state index in [1.807, 2.05) is 72.8 Å². The molecule has 4 rings (SSSR count). The van der Waals surface area contributed by atoms with Gasteiger partial charge in [0.05, 0.1) is 6.61 Å². The third-order valence-electron chi connectivity index (χ3n) is 5.13. The molecule has 0 aromatic heterocycles. The molecule has 1 unspecified atom stereocenters. The zero-order valence-corrected chi connectivity index (χ0v) is 17.7. The zero-order valence-electron chi connectivity index (χ0n) is 17.7. The minimum atomic E-state index is -0.0626. The second-order valence-corrected chi connectivity index (χ2v) is 8.57. The fraction of sp³-hybridized carbons (Fsp3) is 0.269. The van der Waals surface area contributed by atoms with E-state index < -0.39 is 0 Å². The fourth-order valence-corrected chi connectivity index (χ4v) is 3.25. The van der Waals surface area contributed by atoms with Gasteiger partial charge in [0.2, 0.25) is 0 Å². The Kier molecular flexibility index (Phi) is 5.60. The molecule has 1 aliphatic heterocycles. The van der Waals surface area contributed by atoms with Gasteiger partial charge in [0.15, 0.2) is 0 Å². The van der Waals surface area contributed by atoms with Crippen LogP contribution in [0.1, 0.15) is 36.7 Å². The predicted octanol–water partition coefficient (Wildman–Crippen LogP) is 5.74. The van der Waals surface area contributed by atoms with Crippen LogP contribution in [0, 0.1) is 0 Å². The first kappa shape index (κ1) is 20.2. The number of nitrogens with zero attached hydrogens (tertiary/aromatic N) is 1. The van der Waals surface area contributed by atoms with Crippen LogP contribution in [0.3, 0.4) is 0 Å². The van der Waals surface area contributed by atoms with Crippen molar-refractivity contribution < 1.29 is 14.3 Å². The number of anilines is 2. The topological polar surface area (TPSA) is 42.1 Å². The summed E-state index contributed by atoms with van der Waals surface area (Å²) in [6.45, 7) is 7.77. The molecule has 3 aromatic rings. The molecule has 1 aliphatic rings. The Balaban J connectivity index is 1.66. The standard InChI is InChI=1S/C26H27NO3/c1-26(2,3)20-9-7-8-19(16-20)25(28)27(21-10-5-4-6-11-21)22-12-14-23(15-13-22)29-17-24-18-30-24/h4-16,24H,17-18H2,1-3H3. The van der Waals surface area contributed by atoms with Gasteiger partial charge < -0.3 is 9.47 Å². The van der Waals surface area contributed by atoms with Crippen LogP contribution >= 0.6 is 0 Å². The van der Waals surface area contributed by atoms with Gasteiger partial charge in [0, 0.05) is 16.9 Å². The minimum Gasteiger partial charge on any atom is -0.491 e. The number of hydrogen-bond acceptors (Lipinski definition) is 3. The van der Waals surface area contributed by atoms with E-state index in [9.17, 15) is 4.79 Å². The molecule has 4 heteroatoms. The number of amides is 1. The maximum absolute atomic E-state index is 13.6. The molecular weight excluding hydrogens is 374 g/mol. The van der Waals surface area contributed by atoms with E-state index >= 15 is 0 Å². The summed E-state index contributed by atoms with van der Waals surface area (Å²) >= 11 is 0. The Bertz CT molecular complexity index is 1000. The van der Waals surface area contributed by atoms with Crippen molar-refractivity contribution in [3.05, 3.63) is 90.0 Å². The van der Waals surface area contributed by atoms with Crippen molar-refractivity contribution in [2.75, 3.05) is 18.1 Å². The number of ether oxygens (including phenoxy) is 2. The van der Waals surface area contributed by atoms with E-state index in [0.29, 0.717) is 12.2 Å². The van der Waals surface area contributed by atoms with E-state index in [1.54, 1.807) is 4.90 Å². The van der Waals surface area contributed by atoms with Crippen LogP contribution in [-0.4, -0.2) is 25.2 Å². The average Bonchev–Trinajstić information content (AvgIpc) is 3.58. The summed E-state index contributed by atoms with van der Waals surface area (Å²) in [6, 6.07) is 25.2. The second kappa shape index (κ2) is 8.33. The van der Waals surface area contributed by atoms with Crippen molar-refractivity contribution in [3.8, 4) is 5.75 Å². The first-order chi connectivity index (χ1) is 14.4. The van der Waals surface area contributed by atoms with Gasteiger partial charge in [0.25, 0.3) is 5.91 Å². The van der Waals surface area contributed by atoms with Crippen LogP contribution in [0.5, 0.6) is 5.75 Å². The summed E-state index contributed by atoms with van der Waals surface area (Å²) in [7, 11) is 0. The number of rotatable bonds is 6. The molecule has 30 heavy (non-hydrogen) atoms. The summed E-state index contributed by atoms with van der Waals surface area (Å²) in [5.74, 6) is 0.705. The second-order valence-electron chi connectivity index (χ2n) is 8.57. The number of benzene rings is 3. The molecule has 1 fully saturated rings. The largest absolute Gasteiger partial charge is 0.491 e. The normalized spacial score (nSPS) is 15.5. The van der Waals surface area contributed by atoms with Crippen molar-refractivity contribution in [3.63, 3.8) is 0 Å². The molecule has 1 amide bonds. The fourth-order valence-electron chi connectivity index (χ4n) is 3.25. The average molecular weight is 402 g/mol. The molecular formula is C26H27NO3. The summed E-state index contributed by atoms with van der Waals surface area (Å²) < 4.78 is 10.9. The van der Waals surface area contributed by atoms with Crippen LogP contribution in [0.15, 0.2) is 78.9 Å². The Hall–Kier alpha value is -3.11. The maximum Gasteiger partial charge on any atom is 0.262 e. The number of epoxide rings is 1. The molecule has 1 atom stereocenters. The zero-order chi connectivity index (χ0) is 21.1. The Labute approximate surface area is 178 Å². The summed E-state index contributed by atoms with van der Waals surface area (Å²) in [5, 5.41) is 0. The number of hydrogen-bond donors (Lipinski definition) is 0. The maximum atomic E-state index is 13.6. The predicted molar refractivity (Wildman–Crippen MR) is 120 cm³/mol. The Morgan fingerprint density at radius 3 is 2.27 bits per heavy atom. The molecule has 4 nitrogen and oxygen atoms in total. The van der Waals surface area contributed by atoms with Crippen LogP contribution in [0.25, 0.3) is 0 Å². The molecule has 0 radical (unpaired) electrons. The first-order valence-corrected chi connectivity index (χ1v) is 10.3. The molecule has 1 saturated heterocycles.